The fraction of sp³-hybridized carbons (Fsp3) is 0.455. The molecule has 3 heteroatoms. The highest BCUT2D eigenvalue weighted by atomic mass is 16.4. The summed E-state index contributed by atoms with van der Waals surface area (Å²) in [5.41, 5.74) is 3.30. The van der Waals surface area contributed by atoms with Crippen LogP contribution in [-0.2, 0) is 9.59 Å². The molecule has 1 aliphatic carbocycles. The molecule has 0 spiro atoms. The lowest BCUT2D eigenvalue weighted by Gasteiger charge is -2.41. The Bertz CT molecular complexity index is 708. The Morgan fingerprint density at radius 1 is 1.04 bits per heavy atom. The van der Waals surface area contributed by atoms with Gasteiger partial charge in [-0.2, -0.15) is 0 Å². The first-order chi connectivity index (χ1) is 11.4. The molecule has 25 heavy (non-hydrogen) atoms. The van der Waals surface area contributed by atoms with Crippen LogP contribution in [0.25, 0.3) is 0 Å². The van der Waals surface area contributed by atoms with E-state index in [0.717, 1.165) is 23.1 Å². The van der Waals surface area contributed by atoms with E-state index in [9.17, 15) is 9.59 Å². The van der Waals surface area contributed by atoms with Gasteiger partial charge in [-0.15, -0.1) is 0 Å². The molecule has 0 heterocycles. The summed E-state index contributed by atoms with van der Waals surface area (Å²) in [5, 5.41) is 8.68. The maximum absolute atomic E-state index is 12.6. The van der Waals surface area contributed by atoms with Crippen LogP contribution in [0.1, 0.15) is 54.9 Å². The predicted octanol–water partition coefficient (Wildman–Crippen LogP) is 5.42. The van der Waals surface area contributed by atoms with Crippen molar-refractivity contribution in [2.45, 2.75) is 54.9 Å². The number of carboxylic acid groups (broad SMARTS) is 1. The van der Waals surface area contributed by atoms with Crippen LogP contribution in [0, 0.1) is 10.8 Å². The van der Waals surface area contributed by atoms with Gasteiger partial charge in [0.05, 0.1) is 0 Å². The Kier molecular flexibility index (Phi) is 6.53. The zero-order valence-electron chi connectivity index (χ0n) is 16.4. The topological polar surface area (TPSA) is 54.4 Å². The number of allylic oxidation sites excluding steroid dienone is 9. The molecule has 1 aliphatic rings. The Hall–Kier alpha value is -2.16. The normalized spacial score (nSPS) is 21.5. The van der Waals surface area contributed by atoms with E-state index in [1.54, 1.807) is 13.0 Å². The van der Waals surface area contributed by atoms with Gasteiger partial charge in [0.1, 0.15) is 0 Å². The Morgan fingerprint density at radius 3 is 2.20 bits per heavy atom. The number of aliphatic carboxylic acids is 1. The summed E-state index contributed by atoms with van der Waals surface area (Å²) in [4.78, 5) is 23.1. The number of rotatable bonds is 5. The maximum Gasteiger partial charge on any atom is 0.328 e. The first-order valence-electron chi connectivity index (χ1n) is 8.57. The minimum Gasteiger partial charge on any atom is -0.478 e. The lowest BCUT2D eigenvalue weighted by Crippen LogP contribution is -2.38. The van der Waals surface area contributed by atoms with Crippen molar-refractivity contribution in [1.82, 2.24) is 0 Å². The minimum absolute atomic E-state index is 0.0467. The molecule has 0 fully saturated rings. The average molecular weight is 342 g/mol. The number of carboxylic acids is 1. The van der Waals surface area contributed by atoms with E-state index in [0.29, 0.717) is 5.57 Å². The van der Waals surface area contributed by atoms with E-state index >= 15 is 0 Å². The van der Waals surface area contributed by atoms with Gasteiger partial charge < -0.3 is 5.11 Å². The van der Waals surface area contributed by atoms with E-state index < -0.39 is 5.97 Å². The summed E-state index contributed by atoms with van der Waals surface area (Å²) in [7, 11) is 0. The van der Waals surface area contributed by atoms with Gasteiger partial charge in [-0.1, -0.05) is 63.6 Å². The second kappa shape index (κ2) is 7.81. The molecule has 0 aromatic rings. The van der Waals surface area contributed by atoms with Crippen LogP contribution in [0.4, 0.5) is 0 Å². The molecule has 0 amide bonds. The molecule has 0 unspecified atom stereocenters. The van der Waals surface area contributed by atoms with E-state index in [1.165, 1.54) is 6.08 Å². The number of carbonyl (C=O) groups is 2. The van der Waals surface area contributed by atoms with Crippen molar-refractivity contribution in [3.8, 4) is 0 Å². The third kappa shape index (κ3) is 5.70. The lowest BCUT2D eigenvalue weighted by atomic mass is 9.62. The fourth-order valence-corrected chi connectivity index (χ4v) is 3.63. The molecule has 0 radical (unpaired) electrons. The SMILES string of the molecule is CC(C=CC1=C(C)C(=O)C(C)(C)CC1(C)C)=CC=CC(C)=CC(=O)O. The Labute approximate surface area is 151 Å². The summed E-state index contributed by atoms with van der Waals surface area (Å²) < 4.78 is 0. The van der Waals surface area contributed by atoms with Gasteiger partial charge in [0.15, 0.2) is 5.78 Å². The first kappa shape index (κ1) is 20.9. The summed E-state index contributed by atoms with van der Waals surface area (Å²) in [6, 6.07) is 0. The third-order valence-corrected chi connectivity index (χ3v) is 4.55. The van der Waals surface area contributed by atoms with Crippen LogP contribution >= 0.6 is 0 Å². The van der Waals surface area contributed by atoms with Crippen LogP contribution in [0.3, 0.4) is 0 Å². The average Bonchev–Trinajstić information content (AvgIpc) is 2.42. The van der Waals surface area contributed by atoms with Crippen LogP contribution in [0.5, 0.6) is 0 Å². The first-order valence-corrected chi connectivity index (χ1v) is 8.57. The monoisotopic (exact) mass is 342 g/mol. The molecule has 0 atom stereocenters. The van der Waals surface area contributed by atoms with Crippen molar-refractivity contribution in [2.24, 2.45) is 10.8 Å². The van der Waals surface area contributed by atoms with Gasteiger partial charge in [0.25, 0.3) is 0 Å². The van der Waals surface area contributed by atoms with Gasteiger partial charge in [-0.3, -0.25) is 4.79 Å². The van der Waals surface area contributed by atoms with Gasteiger partial charge in [-0.05, 0) is 49.3 Å². The summed E-state index contributed by atoms with van der Waals surface area (Å²) in [6.45, 7) is 14.1. The molecule has 0 saturated carbocycles. The van der Waals surface area contributed by atoms with Crippen molar-refractivity contribution in [3.05, 3.63) is 58.7 Å². The lowest BCUT2D eigenvalue weighted by molar-refractivity contribution is -0.131. The zero-order chi connectivity index (χ0) is 19.4. The predicted molar refractivity (Wildman–Crippen MR) is 103 cm³/mol. The number of hydrogen-bond donors (Lipinski definition) is 1. The van der Waals surface area contributed by atoms with Crippen molar-refractivity contribution >= 4 is 11.8 Å². The van der Waals surface area contributed by atoms with Crippen LogP contribution in [-0.4, -0.2) is 16.9 Å². The number of carbonyl (C=O) groups excluding carboxylic acids is 1. The highest BCUT2D eigenvalue weighted by molar-refractivity contribution is 6.01. The number of Topliss-reactive ketones (excluding diaryl/α,β-unsaturated/α-hetero) is 1. The fourth-order valence-electron chi connectivity index (χ4n) is 3.63. The van der Waals surface area contributed by atoms with Gasteiger partial charge in [0, 0.05) is 11.5 Å². The molecule has 0 aromatic heterocycles. The Morgan fingerprint density at radius 2 is 1.64 bits per heavy atom. The molecule has 1 rings (SSSR count). The van der Waals surface area contributed by atoms with E-state index in [4.69, 9.17) is 5.11 Å². The quantitative estimate of drug-likeness (QED) is 0.536. The third-order valence-electron chi connectivity index (χ3n) is 4.55. The highest BCUT2D eigenvalue weighted by Crippen LogP contribution is 2.47. The van der Waals surface area contributed by atoms with Crippen molar-refractivity contribution < 1.29 is 14.7 Å². The smallest absolute Gasteiger partial charge is 0.328 e. The van der Waals surface area contributed by atoms with Gasteiger partial charge in [-0.25, -0.2) is 4.79 Å². The van der Waals surface area contributed by atoms with Crippen molar-refractivity contribution in [2.75, 3.05) is 0 Å². The van der Waals surface area contributed by atoms with Crippen LogP contribution in [0.15, 0.2) is 58.7 Å². The molecule has 0 saturated heterocycles. The standard InChI is InChI=1S/C22H30O3/c1-15(9-8-10-16(2)13-19(23)24)11-12-18-17(3)20(25)22(6,7)14-21(18,4)5/h8-13H,14H2,1-7H3,(H,23,24). The maximum atomic E-state index is 12.6. The van der Waals surface area contributed by atoms with E-state index in [1.807, 2.05) is 52.0 Å². The van der Waals surface area contributed by atoms with Crippen molar-refractivity contribution in [3.63, 3.8) is 0 Å². The Balaban J connectivity index is 3.01. The number of ketones is 1. The second-order valence-electron chi connectivity index (χ2n) is 8.14. The van der Waals surface area contributed by atoms with Gasteiger partial charge in [0.2, 0.25) is 0 Å². The molecule has 0 bridgehead atoms. The molecule has 3 nitrogen and oxygen atoms in total. The largest absolute Gasteiger partial charge is 0.478 e. The second-order valence-corrected chi connectivity index (χ2v) is 8.14. The summed E-state index contributed by atoms with van der Waals surface area (Å²) >= 11 is 0. The molecule has 136 valence electrons. The zero-order valence-corrected chi connectivity index (χ0v) is 16.4. The summed E-state index contributed by atoms with van der Waals surface area (Å²) in [6.07, 6.45) is 11.6. The molecular weight excluding hydrogens is 312 g/mol. The van der Waals surface area contributed by atoms with Crippen LogP contribution < -0.4 is 0 Å². The van der Waals surface area contributed by atoms with E-state index in [-0.39, 0.29) is 16.6 Å². The highest BCUT2D eigenvalue weighted by Gasteiger charge is 2.42. The number of hydrogen-bond acceptors (Lipinski definition) is 2. The van der Waals surface area contributed by atoms with Crippen LogP contribution in [0.2, 0.25) is 0 Å². The molecule has 1 N–H and O–H groups in total. The van der Waals surface area contributed by atoms with E-state index in [2.05, 4.69) is 13.8 Å². The van der Waals surface area contributed by atoms with Gasteiger partial charge >= 0.3 is 5.97 Å². The molecule has 0 aromatic carbocycles. The molecule has 0 aliphatic heterocycles. The summed E-state index contributed by atoms with van der Waals surface area (Å²) in [5.74, 6) is -0.722. The van der Waals surface area contributed by atoms with Crippen molar-refractivity contribution in [1.29, 1.82) is 0 Å². The minimum atomic E-state index is -0.947. The molecular formula is C22H30O3.